The maximum atomic E-state index is 2.48. The minimum atomic E-state index is 0.136. The van der Waals surface area contributed by atoms with E-state index in [9.17, 15) is 0 Å². The molecule has 0 saturated carbocycles. The Kier molecular flexibility index (Phi) is 5.15. The van der Waals surface area contributed by atoms with Crippen LogP contribution < -0.4 is 0 Å². The number of hydrogen-bond acceptors (Lipinski definition) is 0. The van der Waals surface area contributed by atoms with Crippen LogP contribution in [0.2, 0.25) is 0 Å². The molecule has 2 aromatic carbocycles. The lowest BCUT2D eigenvalue weighted by atomic mass is 9.77. The minimum absolute atomic E-state index is 0.136. The van der Waals surface area contributed by atoms with E-state index in [2.05, 4.69) is 93.5 Å². The molecule has 28 heavy (non-hydrogen) atoms. The van der Waals surface area contributed by atoms with E-state index in [-0.39, 0.29) is 10.8 Å². The Hall–Kier alpha value is -1.82. The fraction of sp³-hybridized carbons (Fsp3) is 0.500. The molecule has 0 N–H and O–H groups in total. The van der Waals surface area contributed by atoms with Crippen molar-refractivity contribution in [1.82, 2.24) is 0 Å². The summed E-state index contributed by atoms with van der Waals surface area (Å²) in [6.45, 7) is 23.2. The van der Waals surface area contributed by atoms with Gasteiger partial charge in [-0.05, 0) is 94.5 Å². The Bertz CT molecular complexity index is 921. The van der Waals surface area contributed by atoms with Crippen LogP contribution in [0.25, 0.3) is 17.2 Å². The lowest BCUT2D eigenvalue weighted by molar-refractivity contribution is 0.569. The summed E-state index contributed by atoms with van der Waals surface area (Å²) in [4.78, 5) is 0. The predicted molar refractivity (Wildman–Crippen MR) is 125 cm³/mol. The summed E-state index contributed by atoms with van der Waals surface area (Å²) >= 11 is 0. The van der Waals surface area contributed by atoms with Gasteiger partial charge in [0.25, 0.3) is 0 Å². The third-order valence-corrected chi connectivity index (χ3v) is 6.71. The molecule has 0 heterocycles. The van der Waals surface area contributed by atoms with Gasteiger partial charge in [-0.25, -0.2) is 0 Å². The quantitative estimate of drug-likeness (QED) is 0.496. The first kappa shape index (κ1) is 20.9. The molecule has 3 rings (SSSR count). The van der Waals surface area contributed by atoms with Gasteiger partial charge in [0.1, 0.15) is 0 Å². The molecule has 1 aliphatic carbocycles. The maximum Gasteiger partial charge on any atom is -0.00550 e. The maximum absolute atomic E-state index is 2.48. The number of hydrogen-bond donors (Lipinski definition) is 0. The Morgan fingerprint density at radius 3 is 1.75 bits per heavy atom. The molecule has 1 aliphatic rings. The molecule has 0 radical (unpaired) electrons. The van der Waals surface area contributed by atoms with Gasteiger partial charge in [0.05, 0.1) is 0 Å². The van der Waals surface area contributed by atoms with Gasteiger partial charge in [0.2, 0.25) is 0 Å². The molecule has 0 atom stereocenters. The largest absolute Gasteiger partial charge is 0.0654 e. The summed E-state index contributed by atoms with van der Waals surface area (Å²) in [6, 6.07) is 7.32. The second kappa shape index (κ2) is 6.90. The van der Waals surface area contributed by atoms with Gasteiger partial charge in [-0.3, -0.25) is 0 Å². The van der Waals surface area contributed by atoms with E-state index in [1.807, 2.05) is 0 Å². The minimum Gasteiger partial charge on any atom is -0.0654 e. The Labute approximate surface area is 173 Å². The molecule has 0 saturated heterocycles. The summed E-state index contributed by atoms with van der Waals surface area (Å²) in [5.41, 5.74) is 14.9. The second-order valence-electron chi connectivity index (χ2n) is 10.8. The third kappa shape index (κ3) is 3.59. The van der Waals surface area contributed by atoms with Crippen LogP contribution in [0.3, 0.4) is 0 Å². The number of rotatable bonds is 2. The van der Waals surface area contributed by atoms with Gasteiger partial charge in [-0.2, -0.15) is 0 Å². The molecule has 0 heteroatoms. The average molecular weight is 375 g/mol. The van der Waals surface area contributed by atoms with Crippen LogP contribution in [0, 0.1) is 20.8 Å². The Morgan fingerprint density at radius 1 is 0.750 bits per heavy atom. The lowest BCUT2D eigenvalue weighted by Crippen LogP contribution is -2.16. The highest BCUT2D eigenvalue weighted by Gasteiger charge is 2.25. The summed E-state index contributed by atoms with van der Waals surface area (Å²) < 4.78 is 0. The van der Waals surface area contributed by atoms with E-state index in [1.54, 1.807) is 11.1 Å². The highest BCUT2D eigenvalue weighted by atomic mass is 14.3. The molecule has 0 unspecified atom stereocenters. The first-order valence-electron chi connectivity index (χ1n) is 10.8. The highest BCUT2D eigenvalue weighted by molar-refractivity contribution is 5.85. The van der Waals surface area contributed by atoms with Gasteiger partial charge in [-0.15, -0.1) is 0 Å². The number of benzene rings is 2. The van der Waals surface area contributed by atoms with E-state index < -0.39 is 0 Å². The summed E-state index contributed by atoms with van der Waals surface area (Å²) in [5, 5.41) is 0. The Morgan fingerprint density at radius 2 is 1.29 bits per heavy atom. The molecule has 0 nitrogen and oxygen atoms in total. The van der Waals surface area contributed by atoms with E-state index in [0.29, 0.717) is 0 Å². The second-order valence-corrected chi connectivity index (χ2v) is 10.8. The first-order chi connectivity index (χ1) is 12.8. The lowest BCUT2D eigenvalue weighted by Gasteiger charge is -2.27. The summed E-state index contributed by atoms with van der Waals surface area (Å²) in [5.74, 6) is 0. The van der Waals surface area contributed by atoms with Crippen LogP contribution in [0.1, 0.15) is 93.8 Å². The molecule has 0 bridgehead atoms. The van der Waals surface area contributed by atoms with Crippen molar-refractivity contribution >= 4 is 6.08 Å². The monoisotopic (exact) mass is 374 g/mol. The van der Waals surface area contributed by atoms with E-state index in [0.717, 1.165) is 12.8 Å². The van der Waals surface area contributed by atoms with Crippen LogP contribution in [-0.2, 0) is 17.3 Å². The molecule has 150 valence electrons. The topological polar surface area (TPSA) is 0 Å². The zero-order valence-corrected chi connectivity index (χ0v) is 19.7. The molecule has 0 amide bonds. The molecular formula is C28H38. The molecular weight excluding hydrogens is 336 g/mol. The van der Waals surface area contributed by atoms with Crippen molar-refractivity contribution < 1.29 is 0 Å². The van der Waals surface area contributed by atoms with Gasteiger partial charge in [-0.1, -0.05) is 78.3 Å². The molecule has 0 fully saturated rings. The molecule has 0 aliphatic heterocycles. The molecule has 0 aromatic heterocycles. The van der Waals surface area contributed by atoms with Crippen molar-refractivity contribution in [2.45, 2.75) is 92.9 Å². The molecule has 2 aromatic rings. The normalized spacial score (nSPS) is 14.3. The smallest absolute Gasteiger partial charge is 0.00550 e. The first-order valence-corrected chi connectivity index (χ1v) is 10.8. The fourth-order valence-electron chi connectivity index (χ4n) is 4.36. The third-order valence-electron chi connectivity index (χ3n) is 6.71. The van der Waals surface area contributed by atoms with Gasteiger partial charge < -0.3 is 0 Å². The number of fused-ring (bicyclic) bond motifs is 1. The van der Waals surface area contributed by atoms with Gasteiger partial charge in [0.15, 0.2) is 0 Å². The number of allylic oxidation sites excluding steroid dienone is 1. The van der Waals surface area contributed by atoms with Gasteiger partial charge in [0, 0.05) is 0 Å². The van der Waals surface area contributed by atoms with Crippen LogP contribution in [0.4, 0.5) is 0 Å². The summed E-state index contributed by atoms with van der Waals surface area (Å²) in [7, 11) is 0. The fourth-order valence-corrected chi connectivity index (χ4v) is 4.36. The van der Waals surface area contributed by atoms with Crippen molar-refractivity contribution in [3.8, 4) is 11.1 Å². The van der Waals surface area contributed by atoms with E-state index >= 15 is 0 Å². The zero-order chi connectivity index (χ0) is 21.0. The van der Waals surface area contributed by atoms with Crippen LogP contribution in [0.15, 0.2) is 23.8 Å². The highest BCUT2D eigenvalue weighted by Crippen LogP contribution is 2.43. The summed E-state index contributed by atoms with van der Waals surface area (Å²) in [6.07, 6.45) is 4.74. The molecule has 0 spiro atoms. The zero-order valence-electron chi connectivity index (χ0n) is 19.7. The van der Waals surface area contributed by atoms with Crippen molar-refractivity contribution in [3.63, 3.8) is 0 Å². The Balaban J connectivity index is 2.38. The SMILES string of the molecule is CCC1=Cc2c(c(C)c(C)c(C)c2-c2cc(C(C)(C)C)cc(C(C)(C)C)c2)C1. The van der Waals surface area contributed by atoms with Crippen molar-refractivity contribution in [2.75, 3.05) is 0 Å². The van der Waals surface area contributed by atoms with Crippen LogP contribution in [-0.4, -0.2) is 0 Å². The van der Waals surface area contributed by atoms with Gasteiger partial charge >= 0.3 is 0 Å². The average Bonchev–Trinajstić information content (AvgIpc) is 3.02. The van der Waals surface area contributed by atoms with Crippen LogP contribution in [0.5, 0.6) is 0 Å². The van der Waals surface area contributed by atoms with Crippen molar-refractivity contribution in [3.05, 3.63) is 62.7 Å². The standard InChI is InChI=1S/C28H38/c1-11-20-12-24-18(3)17(2)19(4)26(25(24)13-20)21-14-22(27(5,6)7)16-23(15-21)28(8,9)10/h13-16H,11-12H2,1-10H3. The van der Waals surface area contributed by atoms with Crippen molar-refractivity contribution in [2.24, 2.45) is 0 Å². The predicted octanol–water partition coefficient (Wildman–Crippen LogP) is 8.22. The van der Waals surface area contributed by atoms with Crippen molar-refractivity contribution in [1.29, 1.82) is 0 Å². The van der Waals surface area contributed by atoms with E-state index in [1.165, 1.54) is 44.5 Å². The van der Waals surface area contributed by atoms with Crippen LogP contribution >= 0.6 is 0 Å². The van der Waals surface area contributed by atoms with E-state index in [4.69, 9.17) is 0 Å².